The molecule has 5 heteroatoms. The van der Waals surface area contributed by atoms with Gasteiger partial charge in [0.15, 0.2) is 0 Å². The largest absolute Gasteiger partial charge is 0.480 e. The van der Waals surface area contributed by atoms with Gasteiger partial charge in [-0.1, -0.05) is 18.2 Å². The zero-order valence-electron chi connectivity index (χ0n) is 7.81. The molecule has 1 aromatic rings. The molecule has 0 radical (unpaired) electrons. The number of hydrogen-bond donors (Lipinski definition) is 2. The number of carbonyl (C=O) groups is 1. The fourth-order valence-electron chi connectivity index (χ4n) is 1.48. The molecule has 0 spiro atoms. The van der Waals surface area contributed by atoms with Crippen LogP contribution >= 0.6 is 11.8 Å². The summed E-state index contributed by atoms with van der Waals surface area (Å²) in [6, 6.07) is 5.83. The highest BCUT2D eigenvalue weighted by atomic mass is 32.2. The molecule has 0 amide bonds. The second kappa shape index (κ2) is 4.20. The van der Waals surface area contributed by atoms with E-state index in [0.29, 0.717) is 11.3 Å². The highest BCUT2D eigenvalue weighted by Gasteiger charge is 2.31. The number of nitrogens with one attached hydrogen (secondary N) is 1. The zero-order valence-corrected chi connectivity index (χ0v) is 8.63. The number of thioether (sulfide) groups is 1. The normalized spacial score (nSPS) is 25.4. The number of carboxylic acids is 1. The van der Waals surface area contributed by atoms with Crippen LogP contribution in [0.5, 0.6) is 0 Å². The van der Waals surface area contributed by atoms with Crippen molar-refractivity contribution >= 4 is 17.7 Å². The van der Waals surface area contributed by atoms with Crippen LogP contribution in [0, 0.1) is 5.82 Å². The standard InChI is InChI=1S/C10H10FNO2S/c11-7-4-2-1-3-6(7)9-12-8(5-15-9)10(13)14/h1-4,8-9,12H,5H2,(H,13,14). The van der Waals surface area contributed by atoms with Crippen LogP contribution in [0.15, 0.2) is 24.3 Å². The van der Waals surface area contributed by atoms with E-state index in [1.165, 1.54) is 17.8 Å². The molecule has 1 aliphatic heterocycles. The number of hydrogen-bond acceptors (Lipinski definition) is 3. The van der Waals surface area contributed by atoms with Gasteiger partial charge in [0.2, 0.25) is 0 Å². The Morgan fingerprint density at radius 2 is 2.27 bits per heavy atom. The van der Waals surface area contributed by atoms with Crippen LogP contribution in [-0.2, 0) is 4.79 Å². The maximum atomic E-state index is 13.4. The zero-order chi connectivity index (χ0) is 10.8. The van der Waals surface area contributed by atoms with E-state index >= 15 is 0 Å². The topological polar surface area (TPSA) is 49.3 Å². The third-order valence-corrected chi connectivity index (χ3v) is 3.52. The van der Waals surface area contributed by atoms with E-state index in [1.807, 2.05) is 0 Å². The summed E-state index contributed by atoms with van der Waals surface area (Å²) in [5, 5.41) is 11.4. The molecule has 80 valence electrons. The summed E-state index contributed by atoms with van der Waals surface area (Å²) >= 11 is 1.41. The quantitative estimate of drug-likeness (QED) is 0.806. The summed E-state index contributed by atoms with van der Waals surface area (Å²) in [6.07, 6.45) is 0. The molecule has 1 saturated heterocycles. The van der Waals surface area contributed by atoms with Crippen LogP contribution < -0.4 is 5.32 Å². The first-order valence-electron chi connectivity index (χ1n) is 4.53. The second-order valence-electron chi connectivity index (χ2n) is 3.29. The molecule has 1 fully saturated rings. The van der Waals surface area contributed by atoms with E-state index in [4.69, 9.17) is 5.11 Å². The molecule has 0 aliphatic carbocycles. The lowest BCUT2D eigenvalue weighted by Crippen LogP contribution is -2.33. The van der Waals surface area contributed by atoms with Gasteiger partial charge in [-0.2, -0.15) is 0 Å². The molecule has 0 bridgehead atoms. The third-order valence-electron chi connectivity index (χ3n) is 2.27. The first kappa shape index (κ1) is 10.4. The SMILES string of the molecule is O=C(O)C1CSC(c2ccccc2F)N1. The van der Waals surface area contributed by atoms with Gasteiger partial charge in [0.25, 0.3) is 0 Å². The average Bonchev–Trinajstić information content (AvgIpc) is 2.67. The average molecular weight is 227 g/mol. The summed E-state index contributed by atoms with van der Waals surface area (Å²) < 4.78 is 13.4. The summed E-state index contributed by atoms with van der Waals surface area (Å²) in [5.74, 6) is -0.719. The van der Waals surface area contributed by atoms with Gasteiger partial charge in [0.1, 0.15) is 11.9 Å². The van der Waals surface area contributed by atoms with Gasteiger partial charge in [0, 0.05) is 11.3 Å². The van der Waals surface area contributed by atoms with Crippen molar-refractivity contribution in [2.75, 3.05) is 5.75 Å². The van der Waals surface area contributed by atoms with Crippen molar-refractivity contribution < 1.29 is 14.3 Å². The molecule has 2 unspecified atom stereocenters. The van der Waals surface area contributed by atoms with Crippen LogP contribution in [0.4, 0.5) is 4.39 Å². The maximum Gasteiger partial charge on any atom is 0.321 e. The van der Waals surface area contributed by atoms with Gasteiger partial charge in [-0.25, -0.2) is 4.39 Å². The number of halogens is 1. The number of benzene rings is 1. The van der Waals surface area contributed by atoms with Crippen molar-refractivity contribution in [2.24, 2.45) is 0 Å². The first-order valence-corrected chi connectivity index (χ1v) is 5.58. The van der Waals surface area contributed by atoms with E-state index in [0.717, 1.165) is 0 Å². The van der Waals surface area contributed by atoms with Gasteiger partial charge < -0.3 is 5.11 Å². The summed E-state index contributed by atoms with van der Waals surface area (Å²) in [5.41, 5.74) is 0.520. The van der Waals surface area contributed by atoms with E-state index in [-0.39, 0.29) is 11.2 Å². The fraction of sp³-hybridized carbons (Fsp3) is 0.300. The van der Waals surface area contributed by atoms with Gasteiger partial charge in [-0.3, -0.25) is 10.1 Å². The van der Waals surface area contributed by atoms with Crippen LogP contribution in [0.1, 0.15) is 10.9 Å². The van der Waals surface area contributed by atoms with E-state index in [1.54, 1.807) is 18.2 Å². The molecule has 2 atom stereocenters. The van der Waals surface area contributed by atoms with E-state index < -0.39 is 12.0 Å². The predicted molar refractivity (Wildman–Crippen MR) is 56.2 cm³/mol. The van der Waals surface area contributed by atoms with Gasteiger partial charge in [-0.05, 0) is 6.07 Å². The van der Waals surface area contributed by atoms with Crippen LogP contribution in [-0.4, -0.2) is 22.9 Å². The number of carboxylic acid groups (broad SMARTS) is 1. The molecule has 15 heavy (non-hydrogen) atoms. The van der Waals surface area contributed by atoms with Crippen molar-refractivity contribution in [3.63, 3.8) is 0 Å². The molecule has 2 N–H and O–H groups in total. The molecule has 0 saturated carbocycles. The molecular weight excluding hydrogens is 217 g/mol. The van der Waals surface area contributed by atoms with Crippen molar-refractivity contribution in [1.29, 1.82) is 0 Å². The van der Waals surface area contributed by atoms with Crippen LogP contribution in [0.3, 0.4) is 0 Å². The molecular formula is C10H10FNO2S. The number of rotatable bonds is 2. The Morgan fingerprint density at radius 3 is 2.87 bits per heavy atom. The Kier molecular flexibility index (Phi) is 2.93. The van der Waals surface area contributed by atoms with E-state index in [9.17, 15) is 9.18 Å². The van der Waals surface area contributed by atoms with Gasteiger partial charge >= 0.3 is 5.97 Å². The van der Waals surface area contributed by atoms with Gasteiger partial charge in [0.05, 0.1) is 5.37 Å². The molecule has 1 heterocycles. The first-order chi connectivity index (χ1) is 7.18. The van der Waals surface area contributed by atoms with Crippen molar-refractivity contribution in [3.8, 4) is 0 Å². The third kappa shape index (κ3) is 2.13. The summed E-state index contributed by atoms with van der Waals surface area (Å²) in [4.78, 5) is 10.7. The highest BCUT2D eigenvalue weighted by Crippen LogP contribution is 2.33. The molecule has 0 aromatic heterocycles. The Morgan fingerprint density at radius 1 is 1.53 bits per heavy atom. The second-order valence-corrected chi connectivity index (χ2v) is 4.43. The van der Waals surface area contributed by atoms with Crippen LogP contribution in [0.2, 0.25) is 0 Å². The minimum atomic E-state index is -0.888. The summed E-state index contributed by atoms with van der Waals surface area (Å²) in [6.45, 7) is 0. The Bertz CT molecular complexity index is 385. The van der Waals surface area contributed by atoms with Crippen molar-refractivity contribution in [3.05, 3.63) is 35.6 Å². The molecule has 1 aliphatic rings. The lowest BCUT2D eigenvalue weighted by molar-refractivity contribution is -0.138. The van der Waals surface area contributed by atoms with Crippen molar-refractivity contribution in [2.45, 2.75) is 11.4 Å². The van der Waals surface area contributed by atoms with Crippen molar-refractivity contribution in [1.82, 2.24) is 5.32 Å². The predicted octanol–water partition coefficient (Wildman–Crippen LogP) is 1.61. The van der Waals surface area contributed by atoms with Crippen LogP contribution in [0.25, 0.3) is 0 Å². The molecule has 3 nitrogen and oxygen atoms in total. The summed E-state index contributed by atoms with van der Waals surface area (Å²) in [7, 11) is 0. The van der Waals surface area contributed by atoms with Gasteiger partial charge in [-0.15, -0.1) is 11.8 Å². The molecule has 1 aromatic carbocycles. The Hall–Kier alpha value is -1.07. The highest BCUT2D eigenvalue weighted by molar-refractivity contribution is 7.99. The monoisotopic (exact) mass is 227 g/mol. The lowest BCUT2D eigenvalue weighted by atomic mass is 10.2. The number of aliphatic carboxylic acids is 1. The fourth-order valence-corrected chi connectivity index (χ4v) is 2.74. The maximum absolute atomic E-state index is 13.4. The Balaban J connectivity index is 2.14. The minimum absolute atomic E-state index is 0.257. The minimum Gasteiger partial charge on any atom is -0.480 e. The van der Waals surface area contributed by atoms with E-state index in [2.05, 4.69) is 5.32 Å². The Labute approximate surface area is 90.7 Å². The molecule has 2 rings (SSSR count). The smallest absolute Gasteiger partial charge is 0.321 e. The lowest BCUT2D eigenvalue weighted by Gasteiger charge is -2.11.